The number of amides is 2. The van der Waals surface area contributed by atoms with Crippen LogP contribution in [0.5, 0.6) is 0 Å². The molecule has 8 heteroatoms. The standard InChI is InChI=1S/C17H20N6O2/c1-11-9-12(2)23-15(18-11)19-14(22-23)20-16(25)21-17(3,10-24)13-7-5-4-6-8-13/h4-9,24H,10H2,1-3H3,(H2,20,21,22,25). The Morgan fingerprint density at radius 2 is 1.96 bits per heavy atom. The maximum atomic E-state index is 12.3. The van der Waals surface area contributed by atoms with Crippen LogP contribution >= 0.6 is 0 Å². The average Bonchev–Trinajstić information content (AvgIpc) is 2.98. The fourth-order valence-electron chi connectivity index (χ4n) is 2.61. The molecule has 1 aromatic carbocycles. The Balaban J connectivity index is 1.79. The van der Waals surface area contributed by atoms with Gasteiger partial charge in [0.2, 0.25) is 0 Å². The molecule has 1 unspecified atom stereocenters. The second-order valence-electron chi connectivity index (χ2n) is 6.12. The quantitative estimate of drug-likeness (QED) is 0.671. The highest BCUT2D eigenvalue weighted by atomic mass is 16.3. The van der Waals surface area contributed by atoms with E-state index in [9.17, 15) is 9.90 Å². The third-order valence-electron chi connectivity index (χ3n) is 3.96. The second-order valence-corrected chi connectivity index (χ2v) is 6.12. The lowest BCUT2D eigenvalue weighted by Crippen LogP contribution is -2.48. The van der Waals surface area contributed by atoms with Crippen molar-refractivity contribution >= 4 is 17.8 Å². The zero-order chi connectivity index (χ0) is 18.0. The number of hydrogen-bond acceptors (Lipinski definition) is 5. The minimum atomic E-state index is -0.921. The van der Waals surface area contributed by atoms with Crippen molar-refractivity contribution in [2.45, 2.75) is 26.3 Å². The molecule has 25 heavy (non-hydrogen) atoms. The Morgan fingerprint density at radius 1 is 1.24 bits per heavy atom. The molecule has 0 saturated heterocycles. The van der Waals surface area contributed by atoms with E-state index in [1.54, 1.807) is 11.4 Å². The Labute approximate surface area is 144 Å². The molecule has 3 aromatic rings. The number of anilines is 1. The van der Waals surface area contributed by atoms with Crippen LogP contribution < -0.4 is 10.6 Å². The van der Waals surface area contributed by atoms with Crippen molar-refractivity contribution in [3.63, 3.8) is 0 Å². The van der Waals surface area contributed by atoms with E-state index in [0.29, 0.717) is 5.78 Å². The van der Waals surface area contributed by atoms with E-state index < -0.39 is 11.6 Å². The summed E-state index contributed by atoms with van der Waals surface area (Å²) in [5.74, 6) is 0.563. The number of aliphatic hydroxyl groups is 1. The highest BCUT2D eigenvalue weighted by Gasteiger charge is 2.28. The van der Waals surface area contributed by atoms with Crippen LogP contribution in [0, 0.1) is 13.8 Å². The number of carbonyl (C=O) groups is 1. The van der Waals surface area contributed by atoms with Crippen molar-refractivity contribution in [1.29, 1.82) is 0 Å². The summed E-state index contributed by atoms with van der Waals surface area (Å²) in [5, 5.41) is 19.3. The topological polar surface area (TPSA) is 104 Å². The summed E-state index contributed by atoms with van der Waals surface area (Å²) in [5.41, 5.74) is 1.57. The number of aryl methyl sites for hydroxylation is 2. The van der Waals surface area contributed by atoms with Crippen LogP contribution in [0.2, 0.25) is 0 Å². The fraction of sp³-hybridized carbons (Fsp3) is 0.294. The van der Waals surface area contributed by atoms with Gasteiger partial charge in [-0.1, -0.05) is 30.3 Å². The third kappa shape index (κ3) is 3.43. The molecular weight excluding hydrogens is 320 g/mol. The maximum absolute atomic E-state index is 12.3. The molecule has 2 heterocycles. The average molecular weight is 340 g/mol. The van der Waals surface area contributed by atoms with Gasteiger partial charge in [-0.2, -0.15) is 9.50 Å². The van der Waals surface area contributed by atoms with Gasteiger partial charge >= 0.3 is 6.03 Å². The van der Waals surface area contributed by atoms with Gasteiger partial charge in [-0.05, 0) is 32.4 Å². The molecule has 2 aromatic heterocycles. The molecule has 0 bridgehead atoms. The molecule has 8 nitrogen and oxygen atoms in total. The smallest absolute Gasteiger partial charge is 0.322 e. The van der Waals surface area contributed by atoms with Crippen molar-refractivity contribution in [1.82, 2.24) is 24.9 Å². The van der Waals surface area contributed by atoms with Gasteiger partial charge in [0, 0.05) is 11.4 Å². The van der Waals surface area contributed by atoms with E-state index in [-0.39, 0.29) is 12.6 Å². The van der Waals surface area contributed by atoms with Gasteiger partial charge in [-0.3, -0.25) is 5.32 Å². The highest BCUT2D eigenvalue weighted by molar-refractivity contribution is 5.88. The number of urea groups is 1. The van der Waals surface area contributed by atoms with Crippen molar-refractivity contribution < 1.29 is 9.90 Å². The van der Waals surface area contributed by atoms with E-state index in [4.69, 9.17) is 0 Å². The largest absolute Gasteiger partial charge is 0.394 e. The first kappa shape index (κ1) is 16.8. The van der Waals surface area contributed by atoms with Crippen LogP contribution in [-0.4, -0.2) is 37.3 Å². The maximum Gasteiger partial charge on any atom is 0.322 e. The second kappa shape index (κ2) is 6.48. The van der Waals surface area contributed by atoms with Crippen LogP contribution in [0.15, 0.2) is 36.4 Å². The lowest BCUT2D eigenvalue weighted by Gasteiger charge is -2.29. The van der Waals surface area contributed by atoms with Crippen LogP contribution in [0.25, 0.3) is 5.78 Å². The van der Waals surface area contributed by atoms with Gasteiger partial charge < -0.3 is 10.4 Å². The summed E-state index contributed by atoms with van der Waals surface area (Å²) in [6, 6.07) is 10.6. The summed E-state index contributed by atoms with van der Waals surface area (Å²) in [7, 11) is 0. The van der Waals surface area contributed by atoms with E-state index in [1.165, 1.54) is 0 Å². The predicted molar refractivity (Wildman–Crippen MR) is 93.3 cm³/mol. The molecule has 0 aliphatic rings. The van der Waals surface area contributed by atoms with Crippen molar-refractivity contribution in [2.24, 2.45) is 0 Å². The molecule has 0 saturated carbocycles. The molecule has 130 valence electrons. The van der Waals surface area contributed by atoms with Crippen LogP contribution in [-0.2, 0) is 5.54 Å². The number of aliphatic hydroxyl groups excluding tert-OH is 1. The Bertz CT molecular complexity index is 908. The molecule has 0 aliphatic carbocycles. The molecule has 2 amide bonds. The first-order valence-corrected chi connectivity index (χ1v) is 7.88. The molecule has 0 aliphatic heterocycles. The van der Waals surface area contributed by atoms with Gasteiger partial charge in [-0.25, -0.2) is 9.78 Å². The monoisotopic (exact) mass is 340 g/mol. The summed E-state index contributed by atoms with van der Waals surface area (Å²) in [4.78, 5) is 20.8. The van der Waals surface area contributed by atoms with Crippen molar-refractivity contribution in [2.75, 3.05) is 11.9 Å². The fourth-order valence-corrected chi connectivity index (χ4v) is 2.61. The first-order valence-electron chi connectivity index (χ1n) is 7.88. The molecule has 1 atom stereocenters. The Morgan fingerprint density at radius 3 is 2.64 bits per heavy atom. The zero-order valence-electron chi connectivity index (χ0n) is 14.3. The van der Waals surface area contributed by atoms with E-state index >= 15 is 0 Å². The highest BCUT2D eigenvalue weighted by Crippen LogP contribution is 2.20. The third-order valence-corrected chi connectivity index (χ3v) is 3.96. The van der Waals surface area contributed by atoms with Crippen LogP contribution in [0.3, 0.4) is 0 Å². The van der Waals surface area contributed by atoms with Crippen molar-refractivity contribution in [3.8, 4) is 0 Å². The van der Waals surface area contributed by atoms with Gasteiger partial charge in [-0.15, -0.1) is 5.10 Å². The van der Waals surface area contributed by atoms with Crippen LogP contribution in [0.4, 0.5) is 10.7 Å². The lowest BCUT2D eigenvalue weighted by atomic mass is 9.93. The van der Waals surface area contributed by atoms with Gasteiger partial charge in [0.1, 0.15) is 0 Å². The Hall–Kier alpha value is -3.00. The number of carbonyl (C=O) groups excluding carboxylic acids is 1. The number of fused-ring (bicyclic) bond motifs is 1. The summed E-state index contributed by atoms with van der Waals surface area (Å²) in [6.07, 6.45) is 0. The lowest BCUT2D eigenvalue weighted by molar-refractivity contribution is 0.176. The predicted octanol–water partition coefficient (Wildman–Crippen LogP) is 1.77. The van der Waals surface area contributed by atoms with E-state index in [2.05, 4.69) is 25.7 Å². The van der Waals surface area contributed by atoms with E-state index in [0.717, 1.165) is 17.0 Å². The number of aromatic nitrogens is 4. The van der Waals surface area contributed by atoms with Gasteiger partial charge in [0.25, 0.3) is 11.7 Å². The molecule has 0 radical (unpaired) electrons. The van der Waals surface area contributed by atoms with Gasteiger partial charge in [0.05, 0.1) is 12.1 Å². The number of nitrogens with zero attached hydrogens (tertiary/aromatic N) is 4. The van der Waals surface area contributed by atoms with Gasteiger partial charge in [0.15, 0.2) is 0 Å². The number of benzene rings is 1. The molecule has 3 N–H and O–H groups in total. The molecule has 3 rings (SSSR count). The van der Waals surface area contributed by atoms with E-state index in [1.807, 2.05) is 50.2 Å². The molecule has 0 fully saturated rings. The summed E-state index contributed by atoms with van der Waals surface area (Å²) >= 11 is 0. The van der Waals surface area contributed by atoms with Crippen molar-refractivity contribution in [3.05, 3.63) is 53.3 Å². The van der Waals surface area contributed by atoms with Crippen LogP contribution in [0.1, 0.15) is 23.9 Å². The molecule has 0 spiro atoms. The summed E-state index contributed by atoms with van der Waals surface area (Å²) < 4.78 is 1.56. The number of nitrogens with one attached hydrogen (secondary N) is 2. The normalized spacial score (nSPS) is 13.4. The zero-order valence-corrected chi connectivity index (χ0v) is 14.3. The SMILES string of the molecule is Cc1cc(C)n2nc(NC(=O)NC(C)(CO)c3ccccc3)nc2n1. The minimum Gasteiger partial charge on any atom is -0.394 e. The Kier molecular flexibility index (Phi) is 4.37. The first-order chi connectivity index (χ1) is 11.9. The molecular formula is C17H20N6O2. The summed E-state index contributed by atoms with van der Waals surface area (Å²) in [6.45, 7) is 5.25. The number of rotatable bonds is 4. The number of hydrogen-bond donors (Lipinski definition) is 3. The minimum absolute atomic E-state index is 0.145.